The van der Waals surface area contributed by atoms with Crippen molar-refractivity contribution in [3.8, 4) is 0 Å². The molecule has 3 aliphatic carbocycles. The summed E-state index contributed by atoms with van der Waals surface area (Å²) in [5, 5.41) is 40.4. The number of carbonyl (C=O) groups excluding carboxylic acids is 4. The summed E-state index contributed by atoms with van der Waals surface area (Å²) in [5.74, 6) is -4.80. The minimum atomic E-state index is -4.99. The molecular weight excluding hydrogens is 1250 g/mol. The summed E-state index contributed by atoms with van der Waals surface area (Å²) in [6, 6.07) is 15.1. The van der Waals surface area contributed by atoms with E-state index in [0.29, 0.717) is 5.56 Å². The van der Waals surface area contributed by atoms with Crippen LogP contribution in [0.4, 0.5) is 4.79 Å². The SMILES string of the molecule is CCOC(=O)OC(C(=O)OC1CC2(O)[C@@H](C)C3[C@]4(O)COC4CC(OCOP(=O)(O)O)[C@@]3(C)C(=O)C(O)C(=C1C)C2(C)C)C(NC(=O)c1ccccc1)c1ccccc1.[Ac].[Ac]. The van der Waals surface area contributed by atoms with Gasteiger partial charge < -0.3 is 54.1 Å². The third kappa shape index (κ3) is 9.87. The molecule has 61 heavy (non-hydrogen) atoms. The summed E-state index contributed by atoms with van der Waals surface area (Å²) < 4.78 is 44.3. The zero-order valence-corrected chi connectivity index (χ0v) is 45.1. The number of hydrogen-bond acceptors (Lipinski definition) is 14. The number of aliphatic hydroxyl groups excluding tert-OH is 1. The van der Waals surface area contributed by atoms with Crippen LogP contribution in [0.2, 0.25) is 0 Å². The maximum Gasteiger partial charge on any atom is 0.509 e. The molecule has 2 aromatic carbocycles. The molecule has 1 heterocycles. The summed E-state index contributed by atoms with van der Waals surface area (Å²) in [7, 11) is -4.99. The van der Waals surface area contributed by atoms with Gasteiger partial charge in [-0.3, -0.25) is 14.1 Å². The molecule has 2 saturated carbocycles. The van der Waals surface area contributed by atoms with E-state index < -0.39 is 109 Å². The summed E-state index contributed by atoms with van der Waals surface area (Å²) in [4.78, 5) is 74.6. The maximum absolute atomic E-state index is 14.9. The first-order chi connectivity index (χ1) is 27.6. The van der Waals surface area contributed by atoms with Gasteiger partial charge in [-0.05, 0) is 55.5 Å². The first-order valence-electron chi connectivity index (χ1n) is 19.4. The van der Waals surface area contributed by atoms with Crippen LogP contribution < -0.4 is 5.32 Å². The fourth-order valence-corrected chi connectivity index (χ4v) is 10.2. The molecule has 4 aliphatic rings. The summed E-state index contributed by atoms with van der Waals surface area (Å²) in [6.45, 7) is 8.20. The van der Waals surface area contributed by atoms with Crippen molar-refractivity contribution in [3.63, 3.8) is 0 Å². The fraction of sp³-hybridized carbons (Fsp3) is 0.561. The Hall–Kier alpha value is -1.15. The Kier molecular flexibility index (Phi) is 17.3. The van der Waals surface area contributed by atoms with Gasteiger partial charge in [0.25, 0.3) is 5.91 Å². The largest absolute Gasteiger partial charge is 0.509 e. The number of amides is 1. The van der Waals surface area contributed by atoms with Gasteiger partial charge in [-0.1, -0.05) is 69.3 Å². The van der Waals surface area contributed by atoms with Gasteiger partial charge in [0.1, 0.15) is 23.9 Å². The van der Waals surface area contributed by atoms with E-state index in [9.17, 15) is 48.8 Å². The van der Waals surface area contributed by atoms with E-state index in [0.717, 1.165) is 0 Å². The number of carbonyl (C=O) groups is 4. The van der Waals surface area contributed by atoms with E-state index >= 15 is 0 Å². The minimum absolute atomic E-state index is 0. The van der Waals surface area contributed by atoms with Crippen molar-refractivity contribution in [2.24, 2.45) is 22.7 Å². The molecule has 0 spiro atoms. The molecule has 1 amide bonds. The number of esters is 1. The molecule has 2 bridgehead atoms. The molecule has 1 aliphatic heterocycles. The summed E-state index contributed by atoms with van der Waals surface area (Å²) >= 11 is 0. The van der Waals surface area contributed by atoms with Crippen LogP contribution in [0.15, 0.2) is 71.8 Å². The van der Waals surface area contributed by atoms with Gasteiger partial charge in [0.05, 0.1) is 36.4 Å². The van der Waals surface area contributed by atoms with Crippen molar-refractivity contribution in [2.45, 2.75) is 102 Å². The van der Waals surface area contributed by atoms with E-state index in [1.54, 1.807) is 81.4 Å². The second-order valence-electron chi connectivity index (χ2n) is 16.5. The van der Waals surface area contributed by atoms with Crippen LogP contribution in [0, 0.1) is 111 Å². The molecular formula is C41H52Ac2NO16P. The monoisotopic (exact) mass is 1300 g/mol. The van der Waals surface area contributed by atoms with Gasteiger partial charge in [0.2, 0.25) is 6.10 Å². The molecule has 2 aromatic rings. The van der Waals surface area contributed by atoms with Crippen molar-refractivity contribution in [1.29, 1.82) is 0 Å². The zero-order chi connectivity index (χ0) is 43.3. The average Bonchev–Trinajstić information content (AvgIpc) is 3.17. The molecule has 1 saturated heterocycles. The second-order valence-corrected chi connectivity index (χ2v) is 17.7. The number of hydrogen-bond donors (Lipinski definition) is 6. The van der Waals surface area contributed by atoms with E-state index in [-0.39, 0.29) is 131 Å². The topological polar surface area (TPSA) is 254 Å². The van der Waals surface area contributed by atoms with Gasteiger partial charge in [0, 0.05) is 118 Å². The van der Waals surface area contributed by atoms with Gasteiger partial charge in [-0.25, -0.2) is 14.2 Å². The Morgan fingerprint density at radius 3 is 2.16 bits per heavy atom. The van der Waals surface area contributed by atoms with Crippen molar-refractivity contribution < 1.29 is 165 Å². The first-order valence-corrected chi connectivity index (χ1v) is 20.9. The molecule has 11 atom stereocenters. The zero-order valence-electron chi connectivity index (χ0n) is 34.8. The maximum atomic E-state index is 14.9. The minimum Gasteiger partial charge on any atom is -0.455 e. The summed E-state index contributed by atoms with van der Waals surface area (Å²) in [5.41, 5.74) is -6.01. The number of aliphatic hydroxyl groups is 3. The van der Waals surface area contributed by atoms with Crippen LogP contribution in [0.5, 0.6) is 0 Å². The molecule has 2 radical (unpaired) electrons. The van der Waals surface area contributed by atoms with Crippen LogP contribution in [0.3, 0.4) is 0 Å². The van der Waals surface area contributed by atoms with Crippen molar-refractivity contribution in [2.75, 3.05) is 20.0 Å². The Morgan fingerprint density at radius 1 is 1.00 bits per heavy atom. The third-order valence-corrected chi connectivity index (χ3v) is 13.5. The van der Waals surface area contributed by atoms with Gasteiger partial charge in [-0.2, -0.15) is 0 Å². The number of phosphoric ester groups is 1. The second kappa shape index (κ2) is 20.2. The predicted octanol–water partition coefficient (Wildman–Crippen LogP) is 3.28. The number of benzene rings is 2. The molecule has 328 valence electrons. The number of ether oxygens (including phenoxy) is 5. The molecule has 6 N–H and O–H groups in total. The molecule has 0 aromatic heterocycles. The number of ketones is 1. The van der Waals surface area contributed by atoms with E-state index in [1.165, 1.54) is 20.8 Å². The standard InChI is InChI=1S/C41H52NO16P.2Ac/c1-7-53-37(47)58-32(30(24-14-10-8-11-15-24)42-35(45)25-16-12-9-13-17-25)36(46)57-26-19-41(49)23(3)33-39(6,34(44)31(43)29(22(26)2)38(41,4)5)27(55-21-56-59(50,51)52)18-28-40(33,48)20-54-28;;/h8-17,23,26-28,30-33,43,48-49H,7,18-21H2,1-6H3,(H,42,45)(H2,50,51,52);;/t23-,26?,27?,28?,30?,31?,32?,33?,39+,40-,41?;;/m0../s1. The summed E-state index contributed by atoms with van der Waals surface area (Å²) in [6.07, 6.45) is -8.98. The normalized spacial score (nSPS) is 32.3. The predicted molar refractivity (Wildman–Crippen MR) is 205 cm³/mol. The first kappa shape index (κ1) is 52.5. The quantitative estimate of drug-likeness (QED) is 0.0772. The van der Waals surface area contributed by atoms with Gasteiger partial charge >= 0.3 is 19.9 Å². The van der Waals surface area contributed by atoms with Gasteiger partial charge in [-0.15, -0.1) is 0 Å². The smallest absolute Gasteiger partial charge is 0.455 e. The number of fused-ring (bicyclic) bond motifs is 5. The van der Waals surface area contributed by atoms with Crippen LogP contribution in [0.25, 0.3) is 0 Å². The molecule has 6 rings (SSSR count). The Balaban J connectivity index is 0.00000410. The average molecular weight is 1300 g/mol. The van der Waals surface area contributed by atoms with Gasteiger partial charge in [0.15, 0.2) is 12.6 Å². The Morgan fingerprint density at radius 2 is 1.61 bits per heavy atom. The number of rotatable bonds is 12. The molecule has 17 nitrogen and oxygen atoms in total. The van der Waals surface area contributed by atoms with Crippen LogP contribution in [-0.2, 0) is 42.4 Å². The van der Waals surface area contributed by atoms with Crippen molar-refractivity contribution in [1.82, 2.24) is 5.32 Å². The number of Topliss-reactive ketones (excluding diaryl/α,β-unsaturated/α-hetero) is 1. The molecule has 20 heteroatoms. The Labute approximate surface area is 425 Å². The van der Waals surface area contributed by atoms with E-state index in [4.69, 9.17) is 23.7 Å². The van der Waals surface area contributed by atoms with Crippen molar-refractivity contribution in [3.05, 3.63) is 82.9 Å². The third-order valence-electron chi connectivity index (χ3n) is 13.1. The van der Waals surface area contributed by atoms with Crippen LogP contribution >= 0.6 is 7.82 Å². The number of nitrogens with one attached hydrogen (secondary N) is 1. The molecule has 3 fully saturated rings. The number of phosphoric acid groups is 1. The van der Waals surface area contributed by atoms with E-state index in [2.05, 4.69) is 9.84 Å². The fourth-order valence-electron chi connectivity index (χ4n) is 10.0. The van der Waals surface area contributed by atoms with Crippen LogP contribution in [0.1, 0.15) is 76.3 Å². The molecule has 8 unspecified atom stereocenters. The van der Waals surface area contributed by atoms with E-state index in [1.807, 2.05) is 0 Å². The van der Waals surface area contributed by atoms with Crippen molar-refractivity contribution >= 4 is 31.6 Å². The Bertz CT molecular complexity index is 2020. The van der Waals surface area contributed by atoms with Crippen LogP contribution in [-0.4, -0.2) is 111 Å².